The maximum Gasteiger partial charge on any atom is 0.409 e. The third-order valence-electron chi connectivity index (χ3n) is 4.12. The molecule has 1 saturated heterocycles. The van der Waals surface area contributed by atoms with Crippen LogP contribution in [-0.4, -0.2) is 30.7 Å². The van der Waals surface area contributed by atoms with E-state index in [1.807, 2.05) is 12.1 Å². The highest BCUT2D eigenvalue weighted by atomic mass is 19.1. The number of hydrogen-bond donors (Lipinski definition) is 0. The van der Waals surface area contributed by atoms with Gasteiger partial charge in [-0.25, -0.2) is 9.18 Å². The van der Waals surface area contributed by atoms with Gasteiger partial charge < -0.3 is 9.64 Å². The quantitative estimate of drug-likeness (QED) is 0.729. The molecule has 1 amide bonds. The van der Waals surface area contributed by atoms with Crippen molar-refractivity contribution in [2.24, 2.45) is 5.41 Å². The predicted molar refractivity (Wildman–Crippen MR) is 93.1 cm³/mol. The first kappa shape index (κ1) is 18.5. The minimum Gasteiger partial charge on any atom is -0.450 e. The molecule has 0 N–H and O–H groups in total. The first-order valence-electron chi connectivity index (χ1n) is 8.19. The molecule has 0 saturated carbocycles. The Bertz CT molecular complexity index is 794. The van der Waals surface area contributed by atoms with Crippen LogP contribution in [0.25, 0.3) is 0 Å². The molecular formula is C20H21FN2O2. The lowest BCUT2D eigenvalue weighted by molar-refractivity contribution is 0.0862. The molecule has 2 rings (SSSR count). The van der Waals surface area contributed by atoms with E-state index in [0.29, 0.717) is 31.7 Å². The summed E-state index contributed by atoms with van der Waals surface area (Å²) in [6, 6.07) is 5.96. The first-order valence-corrected chi connectivity index (χ1v) is 8.19. The van der Waals surface area contributed by atoms with Crippen molar-refractivity contribution < 1.29 is 13.9 Å². The molecule has 1 heterocycles. The Morgan fingerprint density at radius 2 is 2.12 bits per heavy atom. The summed E-state index contributed by atoms with van der Waals surface area (Å²) in [7, 11) is 0. The number of halogens is 1. The van der Waals surface area contributed by atoms with Gasteiger partial charge in [0.15, 0.2) is 0 Å². The molecule has 1 aromatic carbocycles. The lowest BCUT2D eigenvalue weighted by atomic mass is 9.79. The van der Waals surface area contributed by atoms with E-state index in [-0.39, 0.29) is 17.1 Å². The number of amides is 1. The molecule has 0 radical (unpaired) electrons. The highest BCUT2D eigenvalue weighted by Gasteiger charge is 2.33. The standard InChI is InChI=1S/C20H21FN2O2/c1-4-25-19(24)23-9-8-17(20(2,3)14-23)7-5-6-15-10-16(13-22)12-18(21)11-15/h7,10-12H,4,8-9,14H2,1-3H3/b17-7+. The van der Waals surface area contributed by atoms with E-state index in [4.69, 9.17) is 10.00 Å². The third kappa shape index (κ3) is 4.84. The van der Waals surface area contributed by atoms with Crippen molar-refractivity contribution in [3.8, 4) is 17.9 Å². The van der Waals surface area contributed by atoms with Crippen LogP contribution in [0.5, 0.6) is 0 Å². The topological polar surface area (TPSA) is 53.3 Å². The van der Waals surface area contributed by atoms with E-state index in [0.717, 1.165) is 5.57 Å². The van der Waals surface area contributed by atoms with Crippen molar-refractivity contribution in [3.63, 3.8) is 0 Å². The SMILES string of the molecule is CCOC(=O)N1CC/C(=C\C#Cc2cc(F)cc(C#N)c2)C(C)(C)C1. The van der Waals surface area contributed by atoms with Crippen LogP contribution in [0.2, 0.25) is 0 Å². The Hall–Kier alpha value is -2.79. The molecule has 0 aromatic heterocycles. The molecule has 1 fully saturated rings. The minimum atomic E-state index is -0.473. The number of rotatable bonds is 1. The van der Waals surface area contributed by atoms with Gasteiger partial charge in [0, 0.05) is 24.1 Å². The normalized spacial score (nSPS) is 17.4. The molecule has 1 aliphatic rings. The number of carbonyl (C=O) groups excluding carboxylic acids is 1. The van der Waals surface area contributed by atoms with Crippen LogP contribution < -0.4 is 0 Å². The molecule has 0 bridgehead atoms. The molecule has 5 heteroatoms. The van der Waals surface area contributed by atoms with Crippen LogP contribution in [0, 0.1) is 34.4 Å². The van der Waals surface area contributed by atoms with Gasteiger partial charge in [0.2, 0.25) is 0 Å². The largest absolute Gasteiger partial charge is 0.450 e. The first-order chi connectivity index (χ1) is 11.9. The summed E-state index contributed by atoms with van der Waals surface area (Å²) in [5.74, 6) is 5.36. The molecule has 25 heavy (non-hydrogen) atoms. The van der Waals surface area contributed by atoms with E-state index in [1.165, 1.54) is 12.1 Å². The second kappa shape index (κ2) is 7.85. The summed E-state index contributed by atoms with van der Waals surface area (Å²) in [6.07, 6.45) is 2.26. The lowest BCUT2D eigenvalue weighted by Crippen LogP contribution is -2.45. The molecule has 130 valence electrons. The Morgan fingerprint density at radius 3 is 2.76 bits per heavy atom. The number of carbonyl (C=O) groups is 1. The van der Waals surface area contributed by atoms with Crippen molar-refractivity contribution in [2.75, 3.05) is 19.7 Å². The van der Waals surface area contributed by atoms with E-state index in [2.05, 4.69) is 25.7 Å². The maximum atomic E-state index is 13.4. The van der Waals surface area contributed by atoms with Gasteiger partial charge in [-0.2, -0.15) is 5.26 Å². The van der Waals surface area contributed by atoms with Gasteiger partial charge in [-0.3, -0.25) is 0 Å². The molecular weight excluding hydrogens is 319 g/mol. The number of nitrogens with zero attached hydrogens (tertiary/aromatic N) is 2. The van der Waals surface area contributed by atoms with Gasteiger partial charge in [-0.15, -0.1) is 0 Å². The summed E-state index contributed by atoms with van der Waals surface area (Å²) < 4.78 is 18.5. The zero-order valence-electron chi connectivity index (χ0n) is 14.7. The monoisotopic (exact) mass is 340 g/mol. The van der Waals surface area contributed by atoms with Crippen molar-refractivity contribution in [1.29, 1.82) is 5.26 Å². The van der Waals surface area contributed by atoms with Crippen LogP contribution in [0.3, 0.4) is 0 Å². The van der Waals surface area contributed by atoms with Gasteiger partial charge in [-0.1, -0.05) is 31.3 Å². The smallest absolute Gasteiger partial charge is 0.409 e. The molecule has 0 atom stereocenters. The fourth-order valence-electron chi connectivity index (χ4n) is 2.82. The summed E-state index contributed by atoms with van der Waals surface area (Å²) in [4.78, 5) is 13.6. The van der Waals surface area contributed by atoms with Crippen LogP contribution in [-0.2, 0) is 4.74 Å². The molecule has 0 spiro atoms. The van der Waals surface area contributed by atoms with Crippen molar-refractivity contribution >= 4 is 6.09 Å². The highest BCUT2D eigenvalue weighted by Crippen LogP contribution is 2.34. The van der Waals surface area contributed by atoms with Crippen LogP contribution in [0.4, 0.5) is 9.18 Å². The van der Waals surface area contributed by atoms with Gasteiger partial charge in [0.1, 0.15) is 5.82 Å². The van der Waals surface area contributed by atoms with Gasteiger partial charge in [0.25, 0.3) is 0 Å². The van der Waals surface area contributed by atoms with Gasteiger partial charge in [-0.05, 0) is 37.6 Å². The molecule has 0 unspecified atom stereocenters. The number of likely N-dealkylation sites (tertiary alicyclic amines) is 1. The van der Waals surface area contributed by atoms with Crippen molar-refractivity contribution in [2.45, 2.75) is 27.2 Å². The Balaban J connectivity index is 2.14. The molecule has 1 aliphatic heterocycles. The summed E-state index contributed by atoms with van der Waals surface area (Å²) >= 11 is 0. The van der Waals surface area contributed by atoms with Crippen molar-refractivity contribution in [1.82, 2.24) is 4.90 Å². The fourth-order valence-corrected chi connectivity index (χ4v) is 2.82. The van der Waals surface area contributed by atoms with E-state index >= 15 is 0 Å². The average molecular weight is 340 g/mol. The number of nitriles is 1. The average Bonchev–Trinajstić information content (AvgIpc) is 2.55. The summed E-state index contributed by atoms with van der Waals surface area (Å²) in [5, 5.41) is 8.87. The summed E-state index contributed by atoms with van der Waals surface area (Å²) in [6.45, 7) is 7.43. The maximum absolute atomic E-state index is 13.4. The van der Waals surface area contributed by atoms with E-state index in [1.54, 1.807) is 17.9 Å². The minimum absolute atomic E-state index is 0.209. The zero-order valence-corrected chi connectivity index (χ0v) is 14.7. The predicted octanol–water partition coefficient (Wildman–Crippen LogP) is 3.86. The number of hydrogen-bond acceptors (Lipinski definition) is 3. The summed E-state index contributed by atoms with van der Waals surface area (Å²) in [5.41, 5.74) is 1.65. The van der Waals surface area contributed by atoms with E-state index in [9.17, 15) is 9.18 Å². The Labute approximate surface area is 147 Å². The number of piperidine rings is 1. The molecule has 1 aromatic rings. The second-order valence-corrected chi connectivity index (χ2v) is 6.53. The van der Waals surface area contributed by atoms with Crippen molar-refractivity contribution in [3.05, 3.63) is 46.8 Å². The lowest BCUT2D eigenvalue weighted by Gasteiger charge is -2.39. The van der Waals surface area contributed by atoms with E-state index < -0.39 is 5.82 Å². The Morgan fingerprint density at radius 1 is 1.40 bits per heavy atom. The van der Waals surface area contributed by atoms with Crippen LogP contribution in [0.15, 0.2) is 29.8 Å². The fraction of sp³-hybridized carbons (Fsp3) is 0.400. The zero-order chi connectivity index (χ0) is 18.4. The second-order valence-electron chi connectivity index (χ2n) is 6.53. The third-order valence-corrected chi connectivity index (χ3v) is 4.12. The van der Waals surface area contributed by atoms with Crippen LogP contribution >= 0.6 is 0 Å². The molecule has 0 aliphatic carbocycles. The Kier molecular flexibility index (Phi) is 5.83. The van der Waals surface area contributed by atoms with Gasteiger partial charge in [0.05, 0.1) is 18.2 Å². The number of allylic oxidation sites excluding steroid dienone is 1. The molecule has 4 nitrogen and oxygen atoms in total. The highest BCUT2D eigenvalue weighted by molar-refractivity contribution is 5.68. The van der Waals surface area contributed by atoms with Gasteiger partial charge >= 0.3 is 6.09 Å². The van der Waals surface area contributed by atoms with Crippen LogP contribution in [0.1, 0.15) is 38.3 Å². The number of benzene rings is 1. The number of ether oxygens (including phenoxy) is 1.